The van der Waals surface area contributed by atoms with Crippen LogP contribution in [0.2, 0.25) is 0 Å². The van der Waals surface area contributed by atoms with Crippen molar-refractivity contribution in [2.45, 2.75) is 6.61 Å². The van der Waals surface area contributed by atoms with Crippen molar-refractivity contribution in [3.8, 4) is 16.5 Å². The Morgan fingerprint density at radius 2 is 2.20 bits per heavy atom. The molecule has 0 saturated carbocycles. The predicted octanol–water partition coefficient (Wildman–Crippen LogP) is 2.70. The molecule has 0 atom stereocenters. The fourth-order valence-corrected chi connectivity index (χ4v) is 2.46. The minimum absolute atomic E-state index is 0.359. The van der Waals surface area contributed by atoms with Crippen LogP contribution in [-0.4, -0.2) is 14.8 Å². The maximum absolute atomic E-state index is 5.71. The third-order valence-electron chi connectivity index (χ3n) is 2.82. The first kappa shape index (κ1) is 12.7. The van der Waals surface area contributed by atoms with E-state index in [0.717, 1.165) is 22.3 Å². The second kappa shape index (κ2) is 5.34. The van der Waals surface area contributed by atoms with Crippen molar-refractivity contribution < 1.29 is 4.74 Å². The molecule has 2 aromatic heterocycles. The second-order valence-corrected chi connectivity index (χ2v) is 5.26. The van der Waals surface area contributed by atoms with Crippen LogP contribution in [0, 0.1) is 0 Å². The highest BCUT2D eigenvalue weighted by Gasteiger charge is 2.10. The molecule has 3 aromatic rings. The Hall–Kier alpha value is -2.34. The van der Waals surface area contributed by atoms with Crippen LogP contribution < -0.4 is 10.5 Å². The summed E-state index contributed by atoms with van der Waals surface area (Å²) in [6.07, 6.45) is 0. The Labute approximate surface area is 120 Å². The van der Waals surface area contributed by atoms with Gasteiger partial charge in [-0.05, 0) is 23.6 Å². The summed E-state index contributed by atoms with van der Waals surface area (Å²) in [6, 6.07) is 11.3. The molecule has 0 amide bonds. The standard InChI is InChI=1S/C14H14N4OS/c1-18-13(9-19-11-5-2-4-10(15)8-11)16-14(17-18)12-6-3-7-20-12/h2-8H,9,15H2,1H3. The molecule has 0 bridgehead atoms. The highest BCUT2D eigenvalue weighted by atomic mass is 32.1. The molecule has 0 radical (unpaired) electrons. The number of thiophene rings is 1. The van der Waals surface area contributed by atoms with Gasteiger partial charge in [0.05, 0.1) is 4.88 Å². The quantitative estimate of drug-likeness (QED) is 0.749. The van der Waals surface area contributed by atoms with Crippen LogP contribution in [0.3, 0.4) is 0 Å². The maximum atomic E-state index is 5.71. The fraction of sp³-hybridized carbons (Fsp3) is 0.143. The third kappa shape index (κ3) is 2.65. The van der Waals surface area contributed by atoms with Gasteiger partial charge in [-0.1, -0.05) is 12.1 Å². The first-order chi connectivity index (χ1) is 9.72. The number of nitrogens with zero attached hydrogens (tertiary/aromatic N) is 3. The molecule has 20 heavy (non-hydrogen) atoms. The molecule has 6 heteroatoms. The largest absolute Gasteiger partial charge is 0.486 e. The summed E-state index contributed by atoms with van der Waals surface area (Å²) in [6.45, 7) is 0.359. The number of nitrogen functional groups attached to an aromatic ring is 1. The van der Waals surface area contributed by atoms with Gasteiger partial charge in [0, 0.05) is 18.8 Å². The van der Waals surface area contributed by atoms with Crippen molar-refractivity contribution in [1.82, 2.24) is 14.8 Å². The number of anilines is 1. The van der Waals surface area contributed by atoms with Crippen LogP contribution in [0.4, 0.5) is 5.69 Å². The topological polar surface area (TPSA) is 66.0 Å². The summed E-state index contributed by atoms with van der Waals surface area (Å²) >= 11 is 1.62. The number of ether oxygens (including phenoxy) is 1. The van der Waals surface area contributed by atoms with Gasteiger partial charge in [-0.2, -0.15) is 0 Å². The van der Waals surface area contributed by atoms with Gasteiger partial charge in [0.25, 0.3) is 0 Å². The molecule has 0 spiro atoms. The molecular weight excluding hydrogens is 272 g/mol. The molecule has 5 nitrogen and oxygen atoms in total. The minimum Gasteiger partial charge on any atom is -0.486 e. The monoisotopic (exact) mass is 286 g/mol. The number of benzene rings is 1. The van der Waals surface area contributed by atoms with E-state index in [1.807, 2.05) is 42.8 Å². The van der Waals surface area contributed by atoms with Gasteiger partial charge >= 0.3 is 0 Å². The lowest BCUT2D eigenvalue weighted by Crippen LogP contribution is -2.04. The molecule has 0 saturated heterocycles. The van der Waals surface area contributed by atoms with E-state index in [9.17, 15) is 0 Å². The summed E-state index contributed by atoms with van der Waals surface area (Å²) in [5, 5.41) is 6.40. The predicted molar refractivity (Wildman–Crippen MR) is 79.5 cm³/mol. The zero-order valence-corrected chi connectivity index (χ0v) is 11.8. The second-order valence-electron chi connectivity index (χ2n) is 4.31. The molecule has 0 aliphatic carbocycles. The molecule has 2 N–H and O–H groups in total. The van der Waals surface area contributed by atoms with E-state index >= 15 is 0 Å². The zero-order chi connectivity index (χ0) is 13.9. The fourth-order valence-electron chi connectivity index (χ4n) is 1.80. The van der Waals surface area contributed by atoms with Crippen LogP contribution in [0.5, 0.6) is 5.75 Å². The molecular formula is C14H14N4OS. The highest BCUT2D eigenvalue weighted by Crippen LogP contribution is 2.22. The molecule has 3 rings (SSSR count). The van der Waals surface area contributed by atoms with Gasteiger partial charge < -0.3 is 10.5 Å². The van der Waals surface area contributed by atoms with Gasteiger partial charge in [0.15, 0.2) is 11.6 Å². The Bertz CT molecular complexity index is 706. The Morgan fingerprint density at radius 3 is 2.95 bits per heavy atom. The average Bonchev–Trinajstić information content (AvgIpc) is 3.06. The average molecular weight is 286 g/mol. The first-order valence-corrected chi connectivity index (χ1v) is 7.02. The van der Waals surface area contributed by atoms with Gasteiger partial charge in [-0.15, -0.1) is 16.4 Å². The van der Waals surface area contributed by atoms with Crippen LogP contribution in [0.1, 0.15) is 5.82 Å². The van der Waals surface area contributed by atoms with Crippen molar-refractivity contribution >= 4 is 17.0 Å². The SMILES string of the molecule is Cn1nc(-c2cccs2)nc1COc1cccc(N)c1. The van der Waals surface area contributed by atoms with Crippen molar-refractivity contribution in [1.29, 1.82) is 0 Å². The van der Waals surface area contributed by atoms with Gasteiger partial charge in [-0.25, -0.2) is 9.67 Å². The van der Waals surface area contributed by atoms with Gasteiger partial charge in [0.1, 0.15) is 12.4 Å². The summed E-state index contributed by atoms with van der Waals surface area (Å²) in [4.78, 5) is 5.55. The number of hydrogen-bond acceptors (Lipinski definition) is 5. The normalized spacial score (nSPS) is 10.7. The lowest BCUT2D eigenvalue weighted by molar-refractivity contribution is 0.290. The number of rotatable bonds is 4. The van der Waals surface area contributed by atoms with Gasteiger partial charge in [0.2, 0.25) is 0 Å². The summed E-state index contributed by atoms with van der Waals surface area (Å²) in [5.74, 6) is 2.23. The van der Waals surface area contributed by atoms with E-state index in [0.29, 0.717) is 12.3 Å². The van der Waals surface area contributed by atoms with Gasteiger partial charge in [-0.3, -0.25) is 0 Å². The summed E-state index contributed by atoms with van der Waals surface area (Å²) < 4.78 is 7.42. The molecule has 0 unspecified atom stereocenters. The number of aromatic nitrogens is 3. The van der Waals surface area contributed by atoms with E-state index < -0.39 is 0 Å². The van der Waals surface area contributed by atoms with Crippen molar-refractivity contribution in [2.75, 3.05) is 5.73 Å². The zero-order valence-electron chi connectivity index (χ0n) is 11.0. The lowest BCUT2D eigenvalue weighted by Gasteiger charge is -2.05. The number of hydrogen-bond donors (Lipinski definition) is 1. The lowest BCUT2D eigenvalue weighted by atomic mass is 10.3. The molecule has 102 valence electrons. The number of aryl methyl sites for hydroxylation is 1. The first-order valence-electron chi connectivity index (χ1n) is 6.14. The minimum atomic E-state index is 0.359. The molecule has 2 heterocycles. The van der Waals surface area contributed by atoms with E-state index in [2.05, 4.69) is 10.1 Å². The smallest absolute Gasteiger partial charge is 0.191 e. The van der Waals surface area contributed by atoms with Crippen molar-refractivity contribution in [3.63, 3.8) is 0 Å². The van der Waals surface area contributed by atoms with Crippen LogP contribution in [0.25, 0.3) is 10.7 Å². The Balaban J connectivity index is 1.75. The Morgan fingerprint density at radius 1 is 1.30 bits per heavy atom. The molecule has 0 fully saturated rings. The number of nitrogens with two attached hydrogens (primary N) is 1. The van der Waals surface area contributed by atoms with Crippen LogP contribution >= 0.6 is 11.3 Å². The van der Waals surface area contributed by atoms with E-state index in [-0.39, 0.29) is 0 Å². The van der Waals surface area contributed by atoms with Crippen molar-refractivity contribution in [2.24, 2.45) is 7.05 Å². The van der Waals surface area contributed by atoms with Crippen LogP contribution in [-0.2, 0) is 13.7 Å². The molecule has 1 aromatic carbocycles. The van der Waals surface area contributed by atoms with E-state index in [1.165, 1.54) is 0 Å². The van der Waals surface area contributed by atoms with Crippen LogP contribution in [0.15, 0.2) is 41.8 Å². The molecule has 0 aliphatic heterocycles. The highest BCUT2D eigenvalue weighted by molar-refractivity contribution is 7.13. The third-order valence-corrected chi connectivity index (χ3v) is 3.69. The summed E-state index contributed by atoms with van der Waals surface area (Å²) in [7, 11) is 1.86. The van der Waals surface area contributed by atoms with E-state index in [4.69, 9.17) is 10.5 Å². The molecule has 0 aliphatic rings. The maximum Gasteiger partial charge on any atom is 0.191 e. The van der Waals surface area contributed by atoms with E-state index in [1.54, 1.807) is 22.1 Å². The summed E-state index contributed by atoms with van der Waals surface area (Å²) in [5.41, 5.74) is 6.39. The Kier molecular flexibility index (Phi) is 3.39. The van der Waals surface area contributed by atoms with Crippen molar-refractivity contribution in [3.05, 3.63) is 47.6 Å².